The van der Waals surface area contributed by atoms with E-state index in [1.54, 1.807) is 4.80 Å². The van der Waals surface area contributed by atoms with Gasteiger partial charge >= 0.3 is 0 Å². The predicted octanol–water partition coefficient (Wildman–Crippen LogP) is 1.36. The summed E-state index contributed by atoms with van der Waals surface area (Å²) in [5.41, 5.74) is 1.95. The van der Waals surface area contributed by atoms with Crippen molar-refractivity contribution in [2.75, 3.05) is 19.6 Å². The molecule has 0 aliphatic rings. The molecule has 0 atom stereocenters. The maximum atomic E-state index is 4.44. The molecule has 0 unspecified atom stereocenters. The molecule has 102 valence electrons. The molecule has 0 spiro atoms. The Balaban J connectivity index is 1.75. The molecule has 19 heavy (non-hydrogen) atoms. The fraction of sp³-hybridized carbons (Fsp3) is 0.429. The average Bonchev–Trinajstić information content (AvgIpc) is 2.92. The van der Waals surface area contributed by atoms with Crippen molar-refractivity contribution >= 4 is 0 Å². The van der Waals surface area contributed by atoms with Crippen LogP contribution in [0.4, 0.5) is 0 Å². The van der Waals surface area contributed by atoms with Crippen LogP contribution in [0, 0.1) is 0 Å². The molecule has 5 heteroatoms. The van der Waals surface area contributed by atoms with Crippen LogP contribution >= 0.6 is 0 Å². The van der Waals surface area contributed by atoms with Gasteiger partial charge < -0.3 is 10.6 Å². The highest BCUT2D eigenvalue weighted by molar-refractivity contribution is 5.28. The summed E-state index contributed by atoms with van der Waals surface area (Å²) in [4.78, 5) is 1.66. The Morgan fingerprint density at radius 1 is 1.11 bits per heavy atom. The van der Waals surface area contributed by atoms with E-state index >= 15 is 0 Å². The molecular weight excluding hydrogens is 238 g/mol. The molecule has 0 saturated heterocycles. The SMILES string of the molecule is CCNCCCNCc1cnn(-c2ccccc2)n1. The highest BCUT2D eigenvalue weighted by Crippen LogP contribution is 2.03. The van der Waals surface area contributed by atoms with Crippen molar-refractivity contribution in [1.29, 1.82) is 0 Å². The standard InChI is InChI=1S/C14H21N5/c1-2-15-9-6-10-16-11-13-12-17-19(18-13)14-7-4-3-5-8-14/h3-5,7-8,12,15-16H,2,6,9-11H2,1H3. The van der Waals surface area contributed by atoms with Gasteiger partial charge in [-0.3, -0.25) is 0 Å². The van der Waals surface area contributed by atoms with Gasteiger partial charge in [-0.1, -0.05) is 25.1 Å². The molecule has 0 saturated carbocycles. The average molecular weight is 259 g/mol. The van der Waals surface area contributed by atoms with E-state index in [2.05, 4.69) is 27.8 Å². The molecule has 1 heterocycles. The zero-order valence-electron chi connectivity index (χ0n) is 11.3. The lowest BCUT2D eigenvalue weighted by Gasteiger charge is -2.03. The van der Waals surface area contributed by atoms with Gasteiger partial charge in [0.05, 0.1) is 17.6 Å². The minimum absolute atomic E-state index is 0.763. The normalized spacial score (nSPS) is 10.8. The van der Waals surface area contributed by atoms with Crippen LogP contribution in [0.1, 0.15) is 19.0 Å². The molecule has 1 aromatic carbocycles. The Hall–Kier alpha value is -1.72. The van der Waals surface area contributed by atoms with E-state index in [0.29, 0.717) is 0 Å². The van der Waals surface area contributed by atoms with Crippen LogP contribution in [0.5, 0.6) is 0 Å². The third-order valence-corrected chi connectivity index (χ3v) is 2.79. The molecule has 0 fully saturated rings. The Morgan fingerprint density at radius 3 is 2.68 bits per heavy atom. The lowest BCUT2D eigenvalue weighted by Crippen LogP contribution is -2.21. The Kier molecular flexibility index (Phi) is 5.52. The van der Waals surface area contributed by atoms with Gasteiger partial charge in [0.2, 0.25) is 0 Å². The first-order chi connectivity index (χ1) is 9.40. The summed E-state index contributed by atoms with van der Waals surface area (Å²) in [6.07, 6.45) is 2.94. The van der Waals surface area contributed by atoms with E-state index in [9.17, 15) is 0 Å². The first-order valence-corrected chi connectivity index (χ1v) is 6.78. The van der Waals surface area contributed by atoms with E-state index in [-0.39, 0.29) is 0 Å². The predicted molar refractivity (Wildman–Crippen MR) is 76.2 cm³/mol. The van der Waals surface area contributed by atoms with Crippen LogP contribution in [0.25, 0.3) is 5.69 Å². The molecule has 2 aromatic rings. The maximum Gasteiger partial charge on any atom is 0.0969 e. The second-order valence-electron chi connectivity index (χ2n) is 4.34. The number of para-hydroxylation sites is 1. The molecule has 2 rings (SSSR count). The second-order valence-corrected chi connectivity index (χ2v) is 4.34. The number of hydrogen-bond acceptors (Lipinski definition) is 4. The summed E-state index contributed by atoms with van der Waals surface area (Å²) in [5.74, 6) is 0. The number of benzene rings is 1. The van der Waals surface area contributed by atoms with Crippen molar-refractivity contribution in [3.63, 3.8) is 0 Å². The van der Waals surface area contributed by atoms with Crippen molar-refractivity contribution in [2.24, 2.45) is 0 Å². The molecule has 5 nitrogen and oxygen atoms in total. The monoisotopic (exact) mass is 259 g/mol. The minimum atomic E-state index is 0.763. The molecule has 0 aliphatic carbocycles. The molecule has 0 radical (unpaired) electrons. The van der Waals surface area contributed by atoms with Crippen LogP contribution in [-0.4, -0.2) is 34.6 Å². The quantitative estimate of drug-likeness (QED) is 0.703. The van der Waals surface area contributed by atoms with E-state index in [1.165, 1.54) is 0 Å². The Bertz CT molecular complexity index is 466. The van der Waals surface area contributed by atoms with Crippen molar-refractivity contribution in [3.05, 3.63) is 42.2 Å². The highest BCUT2D eigenvalue weighted by Gasteiger charge is 2.01. The van der Waals surface area contributed by atoms with Gasteiger partial charge in [-0.25, -0.2) is 0 Å². The fourth-order valence-corrected chi connectivity index (χ4v) is 1.79. The first kappa shape index (κ1) is 13.7. The minimum Gasteiger partial charge on any atom is -0.317 e. The lowest BCUT2D eigenvalue weighted by molar-refractivity contribution is 0.598. The van der Waals surface area contributed by atoms with Gasteiger partial charge in [0.1, 0.15) is 0 Å². The number of rotatable bonds is 8. The van der Waals surface area contributed by atoms with Gasteiger partial charge in [-0.05, 0) is 38.2 Å². The molecule has 0 bridgehead atoms. The van der Waals surface area contributed by atoms with Crippen molar-refractivity contribution < 1.29 is 0 Å². The highest BCUT2D eigenvalue weighted by atomic mass is 15.5. The van der Waals surface area contributed by atoms with E-state index in [4.69, 9.17) is 0 Å². The summed E-state index contributed by atoms with van der Waals surface area (Å²) in [7, 11) is 0. The number of aromatic nitrogens is 3. The fourth-order valence-electron chi connectivity index (χ4n) is 1.79. The third-order valence-electron chi connectivity index (χ3n) is 2.79. The van der Waals surface area contributed by atoms with Gasteiger partial charge in [0.15, 0.2) is 0 Å². The van der Waals surface area contributed by atoms with Crippen LogP contribution in [-0.2, 0) is 6.54 Å². The summed E-state index contributed by atoms with van der Waals surface area (Å²) in [6.45, 7) is 5.96. The Morgan fingerprint density at radius 2 is 1.89 bits per heavy atom. The van der Waals surface area contributed by atoms with E-state index in [1.807, 2.05) is 36.5 Å². The number of nitrogens with zero attached hydrogens (tertiary/aromatic N) is 3. The summed E-state index contributed by atoms with van der Waals surface area (Å²) < 4.78 is 0. The number of nitrogens with one attached hydrogen (secondary N) is 2. The van der Waals surface area contributed by atoms with Gasteiger partial charge in [-0.2, -0.15) is 15.0 Å². The lowest BCUT2D eigenvalue weighted by atomic mass is 10.3. The van der Waals surface area contributed by atoms with Crippen molar-refractivity contribution in [2.45, 2.75) is 19.9 Å². The van der Waals surface area contributed by atoms with Crippen LogP contribution in [0.3, 0.4) is 0 Å². The van der Waals surface area contributed by atoms with E-state index < -0.39 is 0 Å². The molecular formula is C14H21N5. The zero-order valence-corrected chi connectivity index (χ0v) is 11.3. The molecule has 0 aliphatic heterocycles. The Labute approximate surface area is 114 Å². The van der Waals surface area contributed by atoms with Crippen molar-refractivity contribution in [1.82, 2.24) is 25.6 Å². The number of hydrogen-bond donors (Lipinski definition) is 2. The van der Waals surface area contributed by atoms with Gasteiger partial charge in [0.25, 0.3) is 0 Å². The van der Waals surface area contributed by atoms with Gasteiger partial charge in [0, 0.05) is 6.54 Å². The largest absolute Gasteiger partial charge is 0.317 e. The van der Waals surface area contributed by atoms with Crippen LogP contribution < -0.4 is 10.6 Å². The maximum absolute atomic E-state index is 4.44. The summed E-state index contributed by atoms with van der Waals surface area (Å²) in [6, 6.07) is 9.94. The molecule has 2 N–H and O–H groups in total. The van der Waals surface area contributed by atoms with Crippen LogP contribution in [0.2, 0.25) is 0 Å². The zero-order chi connectivity index (χ0) is 13.3. The van der Waals surface area contributed by atoms with Gasteiger partial charge in [-0.15, -0.1) is 0 Å². The topological polar surface area (TPSA) is 54.8 Å². The second kappa shape index (κ2) is 7.66. The molecule has 0 amide bonds. The van der Waals surface area contributed by atoms with E-state index in [0.717, 1.165) is 44.0 Å². The van der Waals surface area contributed by atoms with Crippen molar-refractivity contribution in [3.8, 4) is 5.69 Å². The summed E-state index contributed by atoms with van der Waals surface area (Å²) in [5, 5.41) is 15.4. The third kappa shape index (κ3) is 4.46. The molecule has 1 aromatic heterocycles. The summed E-state index contributed by atoms with van der Waals surface area (Å²) >= 11 is 0. The smallest absolute Gasteiger partial charge is 0.0969 e. The van der Waals surface area contributed by atoms with Crippen LogP contribution in [0.15, 0.2) is 36.5 Å². The first-order valence-electron chi connectivity index (χ1n) is 6.78.